The number of carbonyl (C=O) groups excluding carboxylic acids is 3. The third-order valence-corrected chi connectivity index (χ3v) is 15.5. The van der Waals surface area contributed by atoms with Gasteiger partial charge in [0.05, 0.1) is 44.4 Å². The Labute approximate surface area is 418 Å². The van der Waals surface area contributed by atoms with Crippen LogP contribution < -0.4 is 25.0 Å². The molecule has 4 atom stereocenters. The van der Waals surface area contributed by atoms with Gasteiger partial charge in [0, 0.05) is 80.9 Å². The number of piperazine rings is 1. The molecule has 3 amide bonds. The number of benzene rings is 2. The summed E-state index contributed by atoms with van der Waals surface area (Å²) >= 11 is 7.84. The Hall–Kier alpha value is -6.06. The van der Waals surface area contributed by atoms with Crippen LogP contribution in [0, 0.1) is 35.0 Å². The van der Waals surface area contributed by atoms with E-state index in [0.29, 0.717) is 40.8 Å². The van der Waals surface area contributed by atoms with Crippen molar-refractivity contribution in [1.82, 2.24) is 35.6 Å². The van der Waals surface area contributed by atoms with E-state index in [0.717, 1.165) is 53.7 Å². The Balaban J connectivity index is 0.786. The first-order chi connectivity index (χ1) is 33.3. The highest BCUT2D eigenvalue weighted by molar-refractivity contribution is 7.13. The smallest absolute Gasteiger partial charge is 0.254 e. The number of carbonyl (C=O) groups is 3. The number of ether oxygens (including phenoxy) is 2. The average molecular weight is 993 g/mol. The van der Waals surface area contributed by atoms with Crippen molar-refractivity contribution in [3.8, 4) is 28.1 Å². The number of aliphatic hydroxyl groups is 1. The molecule has 2 saturated heterocycles. The Kier molecular flexibility index (Phi) is 14.9. The second-order valence-corrected chi connectivity index (χ2v) is 21.4. The van der Waals surface area contributed by atoms with Crippen LogP contribution in [0.3, 0.4) is 0 Å². The quantitative estimate of drug-likeness (QED) is 0.0884. The molecule has 5 heterocycles. The van der Waals surface area contributed by atoms with Gasteiger partial charge in [-0.05, 0) is 60.3 Å². The summed E-state index contributed by atoms with van der Waals surface area (Å²) in [7, 11) is 0. The first-order valence-electron chi connectivity index (χ1n) is 23.8. The summed E-state index contributed by atoms with van der Waals surface area (Å²) in [5.41, 5.74) is 4.85. The molecule has 3 aromatic heterocycles. The van der Waals surface area contributed by atoms with E-state index in [1.165, 1.54) is 4.90 Å². The van der Waals surface area contributed by atoms with Crippen LogP contribution in [0.25, 0.3) is 10.4 Å². The number of nitrogens with zero attached hydrogens (tertiary/aromatic N) is 7. The van der Waals surface area contributed by atoms with Gasteiger partial charge in [0.2, 0.25) is 11.8 Å². The lowest BCUT2D eigenvalue weighted by Gasteiger charge is -2.63. The molecule has 0 spiro atoms. The number of nitrogens with one attached hydrogen (secondary N) is 2. The van der Waals surface area contributed by atoms with Gasteiger partial charge in [0.25, 0.3) is 11.8 Å². The van der Waals surface area contributed by atoms with E-state index >= 15 is 0 Å². The number of halogens is 1. The largest absolute Gasteiger partial charge is 0.489 e. The number of likely N-dealkylation sites (tertiary alicyclic amines) is 1. The van der Waals surface area contributed by atoms with Gasteiger partial charge in [0.15, 0.2) is 5.76 Å². The number of rotatable bonds is 16. The molecule has 370 valence electrons. The molecule has 1 saturated carbocycles. The maximum Gasteiger partial charge on any atom is 0.254 e. The number of anilines is 1. The van der Waals surface area contributed by atoms with Crippen molar-refractivity contribution < 1.29 is 33.5 Å². The third-order valence-electron chi connectivity index (χ3n) is 14.2. The lowest BCUT2D eigenvalue weighted by molar-refractivity contribution is -0.164. The first-order valence-corrected chi connectivity index (χ1v) is 25.1. The van der Waals surface area contributed by atoms with Crippen molar-refractivity contribution in [2.75, 3.05) is 50.8 Å². The Morgan fingerprint density at radius 2 is 1.73 bits per heavy atom. The minimum atomic E-state index is -0.843. The van der Waals surface area contributed by atoms with Crippen molar-refractivity contribution in [2.45, 2.75) is 98.1 Å². The molecule has 2 aliphatic heterocycles. The number of thiazole rings is 1. The maximum atomic E-state index is 14.2. The van der Waals surface area contributed by atoms with Crippen molar-refractivity contribution in [1.29, 1.82) is 5.26 Å². The Morgan fingerprint density at radius 3 is 2.36 bits per heavy atom. The summed E-state index contributed by atoms with van der Waals surface area (Å²) < 4.78 is 18.1. The molecule has 2 aromatic carbocycles. The van der Waals surface area contributed by atoms with E-state index in [4.69, 9.17) is 25.6 Å². The SMILES string of the molecule is Cc1ncsc1-c1ccc([C@H](C)NC(=O)[C@@H]2C[C@@H](O)CN2C(=O)C(c2cc(OCCN3CCN(c4ccc(C(=O)NC5C(C)(C)C(Oc6ccc(C#N)c(Cl)c6)C5(C)C)cn4)CC3)no2)C(C)C)cc1. The highest BCUT2D eigenvalue weighted by atomic mass is 35.5. The molecule has 16 nitrogen and oxygen atoms in total. The Bertz CT molecular complexity index is 2690. The molecule has 0 radical (unpaired) electrons. The molecule has 5 aromatic rings. The lowest BCUT2D eigenvalue weighted by atomic mass is 9.49. The summed E-state index contributed by atoms with van der Waals surface area (Å²) in [5, 5.41) is 30.7. The van der Waals surface area contributed by atoms with Gasteiger partial charge in [-0.15, -0.1) is 11.3 Å². The fraction of sp³-hybridized carbons (Fsp3) is 0.481. The van der Waals surface area contributed by atoms with E-state index in [2.05, 4.69) is 69.3 Å². The van der Waals surface area contributed by atoms with E-state index in [1.54, 1.807) is 41.8 Å². The van der Waals surface area contributed by atoms with Crippen molar-refractivity contribution in [3.05, 3.63) is 106 Å². The zero-order valence-electron chi connectivity index (χ0n) is 40.9. The molecule has 3 N–H and O–H groups in total. The van der Waals surface area contributed by atoms with Crippen LogP contribution in [-0.4, -0.2) is 118 Å². The zero-order valence-corrected chi connectivity index (χ0v) is 42.5. The Morgan fingerprint density at radius 1 is 1.00 bits per heavy atom. The monoisotopic (exact) mass is 991 g/mol. The van der Waals surface area contributed by atoms with Gasteiger partial charge in [0.1, 0.15) is 42.3 Å². The standard InChI is InChI=1S/C52H62ClN9O7S/c1-30(2)44(48(66)62-28-37(63)23-40(62)47(65)57-31(3)33-9-11-34(12-10-33)45-32(4)56-29-70-45)41-25-43(59-69-41)67-22-21-60-17-19-61(20-18-60)42-16-14-36(27-55-42)46(64)58-49-51(5,6)50(52(49,7)8)68-38-15-13-35(26-54)39(53)24-38/h9-16,24-25,27,29-31,37,40,44,49-50,63H,17-23,28H2,1-8H3,(H,57,65)(H,58,64)/t31-,37+,40-,44?,49?,50?/m0/s1. The van der Waals surface area contributed by atoms with Crippen molar-refractivity contribution >= 4 is 46.5 Å². The molecule has 0 bridgehead atoms. The molecule has 1 aliphatic carbocycles. The van der Waals surface area contributed by atoms with Gasteiger partial charge < -0.3 is 39.5 Å². The van der Waals surface area contributed by atoms with Gasteiger partial charge >= 0.3 is 0 Å². The van der Waals surface area contributed by atoms with Crippen LogP contribution in [-0.2, 0) is 9.59 Å². The lowest BCUT2D eigenvalue weighted by Crippen LogP contribution is -2.74. The minimum Gasteiger partial charge on any atom is -0.489 e. The van der Waals surface area contributed by atoms with Crippen LogP contribution in [0.4, 0.5) is 5.82 Å². The van der Waals surface area contributed by atoms with Gasteiger partial charge in [-0.3, -0.25) is 19.3 Å². The normalized spacial score (nSPS) is 21.6. The van der Waals surface area contributed by atoms with E-state index < -0.39 is 28.9 Å². The zero-order chi connectivity index (χ0) is 50.1. The van der Waals surface area contributed by atoms with Crippen molar-refractivity contribution in [3.63, 3.8) is 0 Å². The van der Waals surface area contributed by atoms with Gasteiger partial charge in [-0.2, -0.15) is 5.26 Å². The van der Waals surface area contributed by atoms with Crippen molar-refractivity contribution in [2.24, 2.45) is 16.7 Å². The average Bonchev–Trinajstić information content (AvgIpc) is 4.10. The van der Waals surface area contributed by atoms with Crippen LogP contribution >= 0.6 is 22.9 Å². The summed E-state index contributed by atoms with van der Waals surface area (Å²) in [4.78, 5) is 57.5. The van der Waals surface area contributed by atoms with Crippen LogP contribution in [0.2, 0.25) is 5.02 Å². The summed E-state index contributed by atoms with van der Waals surface area (Å²) in [6, 6.07) is 19.1. The molecule has 1 unspecified atom stereocenters. The minimum absolute atomic E-state index is 0.0383. The number of aryl methyl sites for hydroxylation is 1. The number of β-amino-alcohol motifs (C(OH)–C–C–N with tert-alkyl or cyclic N) is 1. The number of pyridine rings is 1. The highest BCUT2D eigenvalue weighted by Crippen LogP contribution is 2.55. The predicted octanol–water partition coefficient (Wildman–Crippen LogP) is 7.42. The highest BCUT2D eigenvalue weighted by Gasteiger charge is 2.64. The van der Waals surface area contributed by atoms with E-state index in [9.17, 15) is 24.8 Å². The number of amides is 3. The van der Waals surface area contributed by atoms with Gasteiger partial charge in [-0.25, -0.2) is 9.97 Å². The third kappa shape index (κ3) is 10.5. The molecular formula is C52H62ClN9O7S. The van der Waals surface area contributed by atoms with Crippen LogP contribution in [0.5, 0.6) is 11.6 Å². The van der Waals surface area contributed by atoms with Crippen LogP contribution in [0.1, 0.15) is 99.8 Å². The number of hydrogen-bond acceptors (Lipinski definition) is 14. The first kappa shape index (κ1) is 50.3. The summed E-state index contributed by atoms with van der Waals surface area (Å²) in [5.74, 6) is 0.204. The summed E-state index contributed by atoms with van der Waals surface area (Å²) in [6.45, 7) is 20.1. The van der Waals surface area contributed by atoms with Crippen LogP contribution in [0.15, 0.2) is 76.9 Å². The topological polar surface area (TPSA) is 199 Å². The second-order valence-electron chi connectivity index (χ2n) is 20.2. The molecule has 3 aliphatic rings. The molecule has 8 rings (SSSR count). The fourth-order valence-corrected chi connectivity index (χ4v) is 11.6. The molecular weight excluding hydrogens is 930 g/mol. The molecule has 70 heavy (non-hydrogen) atoms. The van der Waals surface area contributed by atoms with E-state index in [1.807, 2.05) is 69.6 Å². The number of aliphatic hydroxyl groups excluding tert-OH is 1. The van der Waals surface area contributed by atoms with Gasteiger partial charge in [-0.1, -0.05) is 77.4 Å². The number of nitriles is 1. The van der Waals surface area contributed by atoms with E-state index in [-0.39, 0.29) is 60.7 Å². The fourth-order valence-electron chi connectivity index (χ4n) is 10.6. The number of aromatic nitrogens is 3. The predicted molar refractivity (Wildman–Crippen MR) is 267 cm³/mol. The second kappa shape index (κ2) is 20.7. The molecule has 18 heteroatoms. The maximum absolute atomic E-state index is 14.2. The number of hydrogen-bond donors (Lipinski definition) is 3. The summed E-state index contributed by atoms with van der Waals surface area (Å²) in [6.07, 6.45) is 0.706. The molecule has 3 fully saturated rings.